The molecule has 0 spiro atoms. The molecule has 9 nitrogen and oxygen atoms in total. The van der Waals surface area contributed by atoms with Crippen LogP contribution in [0.25, 0.3) is 5.69 Å². The second-order valence-electron chi connectivity index (χ2n) is 7.63. The lowest BCUT2D eigenvalue weighted by atomic mass is 10.2. The van der Waals surface area contributed by atoms with E-state index in [0.717, 1.165) is 5.56 Å². The van der Waals surface area contributed by atoms with Gasteiger partial charge < -0.3 is 16.8 Å². The van der Waals surface area contributed by atoms with E-state index in [4.69, 9.17) is 11.5 Å². The van der Waals surface area contributed by atoms with Gasteiger partial charge in [0.25, 0.3) is 5.56 Å². The van der Waals surface area contributed by atoms with E-state index < -0.39 is 17.7 Å². The molecule has 0 aliphatic heterocycles. The maximum Gasteiger partial charge on any atom is 0.314 e. The molecule has 9 heteroatoms. The summed E-state index contributed by atoms with van der Waals surface area (Å²) in [5.41, 5.74) is 11.8. The highest BCUT2D eigenvalue weighted by molar-refractivity contribution is 6.38. The minimum atomic E-state index is -1.03. The van der Waals surface area contributed by atoms with Gasteiger partial charge in [-0.1, -0.05) is 44.2 Å². The molecule has 0 radical (unpaired) electrons. The number of primary amides is 2. The van der Waals surface area contributed by atoms with Crippen molar-refractivity contribution in [3.8, 4) is 5.69 Å². The van der Waals surface area contributed by atoms with Crippen LogP contribution in [0, 0.1) is 6.92 Å². The van der Waals surface area contributed by atoms with E-state index in [9.17, 15) is 19.2 Å². The monoisotopic (exact) mass is 463 g/mol. The lowest BCUT2D eigenvalue weighted by Gasteiger charge is -2.04. The molecule has 3 aromatic rings. The number of amides is 3. The number of hydrogen-bond donors (Lipinski definition) is 3. The topological polar surface area (TPSA) is 150 Å². The van der Waals surface area contributed by atoms with Crippen LogP contribution in [-0.4, -0.2) is 27.3 Å². The van der Waals surface area contributed by atoms with E-state index in [1.807, 2.05) is 6.92 Å². The number of nitrogens with two attached hydrogens (primary N) is 2. The van der Waals surface area contributed by atoms with Crippen molar-refractivity contribution in [1.29, 1.82) is 0 Å². The number of anilines is 1. The molecule has 1 aliphatic carbocycles. The molecule has 34 heavy (non-hydrogen) atoms. The highest BCUT2D eigenvalue weighted by atomic mass is 16.2. The SMILES string of the molecule is C1CCCC1.Cc1ccc(NC(=O)C(N)=O)nc1.NC(=O)c1ccc(-n2ccccc2=O)cc1. The molecular weight excluding hydrogens is 434 g/mol. The van der Waals surface area contributed by atoms with Crippen molar-refractivity contribution in [2.75, 3.05) is 5.32 Å². The molecule has 2 heterocycles. The van der Waals surface area contributed by atoms with Gasteiger partial charge in [-0.25, -0.2) is 4.98 Å². The summed E-state index contributed by atoms with van der Waals surface area (Å²) in [6.45, 7) is 1.87. The van der Waals surface area contributed by atoms with Crippen LogP contribution >= 0.6 is 0 Å². The average molecular weight is 464 g/mol. The molecule has 0 unspecified atom stereocenters. The van der Waals surface area contributed by atoms with Gasteiger partial charge in [-0.3, -0.25) is 23.7 Å². The van der Waals surface area contributed by atoms with E-state index in [1.54, 1.807) is 60.9 Å². The molecule has 0 atom stereocenters. The van der Waals surface area contributed by atoms with Crippen molar-refractivity contribution in [3.63, 3.8) is 0 Å². The van der Waals surface area contributed by atoms with Crippen LogP contribution in [-0.2, 0) is 9.59 Å². The summed E-state index contributed by atoms with van der Waals surface area (Å²) in [5.74, 6) is -2.06. The molecule has 1 fully saturated rings. The molecule has 3 amide bonds. The van der Waals surface area contributed by atoms with Crippen LogP contribution < -0.4 is 22.3 Å². The van der Waals surface area contributed by atoms with Gasteiger partial charge in [0.1, 0.15) is 5.82 Å². The van der Waals surface area contributed by atoms with Gasteiger partial charge in [-0.05, 0) is 48.9 Å². The van der Waals surface area contributed by atoms with E-state index >= 15 is 0 Å². The highest BCUT2D eigenvalue weighted by Gasteiger charge is 2.08. The Morgan fingerprint density at radius 2 is 1.50 bits per heavy atom. The van der Waals surface area contributed by atoms with Gasteiger partial charge in [-0.2, -0.15) is 0 Å². The van der Waals surface area contributed by atoms with Crippen LogP contribution in [0.3, 0.4) is 0 Å². The van der Waals surface area contributed by atoms with Crippen LogP contribution in [0.1, 0.15) is 48.0 Å². The van der Waals surface area contributed by atoms with Gasteiger partial charge in [0.2, 0.25) is 5.91 Å². The summed E-state index contributed by atoms with van der Waals surface area (Å²) in [4.78, 5) is 47.4. The first-order valence-electron chi connectivity index (χ1n) is 10.9. The van der Waals surface area contributed by atoms with E-state index in [2.05, 4.69) is 10.3 Å². The van der Waals surface area contributed by atoms with Gasteiger partial charge in [0.05, 0.1) is 0 Å². The number of benzene rings is 1. The first-order valence-corrected chi connectivity index (χ1v) is 10.9. The van der Waals surface area contributed by atoms with Gasteiger partial charge in [-0.15, -0.1) is 0 Å². The van der Waals surface area contributed by atoms with Gasteiger partial charge in [0.15, 0.2) is 0 Å². The highest BCUT2D eigenvalue weighted by Crippen LogP contribution is 2.15. The molecule has 2 aromatic heterocycles. The fourth-order valence-corrected chi connectivity index (χ4v) is 3.03. The normalized spacial score (nSPS) is 11.8. The van der Waals surface area contributed by atoms with Crippen molar-refractivity contribution in [1.82, 2.24) is 9.55 Å². The quantitative estimate of drug-likeness (QED) is 0.510. The summed E-state index contributed by atoms with van der Waals surface area (Å²) in [7, 11) is 0. The van der Waals surface area contributed by atoms with Crippen molar-refractivity contribution >= 4 is 23.5 Å². The van der Waals surface area contributed by atoms with Gasteiger partial charge >= 0.3 is 11.8 Å². The second kappa shape index (κ2) is 13.3. The Hall–Kier alpha value is -4.27. The number of nitrogens with zero attached hydrogens (tertiary/aromatic N) is 2. The molecule has 0 saturated heterocycles. The Labute approximate surface area is 197 Å². The number of aromatic nitrogens is 2. The summed E-state index contributed by atoms with van der Waals surface area (Å²) in [5, 5.41) is 2.24. The number of carbonyl (C=O) groups is 3. The molecule has 1 aromatic carbocycles. The number of rotatable bonds is 3. The largest absolute Gasteiger partial charge is 0.366 e. The third kappa shape index (κ3) is 8.70. The van der Waals surface area contributed by atoms with Crippen LogP contribution in [0.2, 0.25) is 0 Å². The minimum Gasteiger partial charge on any atom is -0.366 e. The summed E-state index contributed by atoms with van der Waals surface area (Å²) < 4.78 is 1.49. The predicted molar refractivity (Wildman–Crippen MR) is 130 cm³/mol. The first-order chi connectivity index (χ1) is 16.3. The average Bonchev–Trinajstić information content (AvgIpc) is 3.42. The number of carbonyl (C=O) groups excluding carboxylic acids is 3. The first kappa shape index (κ1) is 26.0. The van der Waals surface area contributed by atoms with Crippen LogP contribution in [0.5, 0.6) is 0 Å². The molecule has 0 bridgehead atoms. The Morgan fingerprint density at radius 3 is 1.97 bits per heavy atom. The van der Waals surface area contributed by atoms with Crippen molar-refractivity contribution in [2.24, 2.45) is 11.5 Å². The fraction of sp³-hybridized carbons (Fsp3) is 0.240. The summed E-state index contributed by atoms with van der Waals surface area (Å²) in [6, 6.07) is 14.8. The predicted octanol–water partition coefficient (Wildman–Crippen LogP) is 2.70. The van der Waals surface area contributed by atoms with E-state index in [-0.39, 0.29) is 5.56 Å². The van der Waals surface area contributed by atoms with Crippen LogP contribution in [0.4, 0.5) is 5.82 Å². The standard InChI is InChI=1S/C12H10N2O2.C8H9N3O2.C5H10/c13-12(16)9-4-6-10(7-5-9)14-8-2-1-3-11(14)15;1-5-2-3-6(10-4-5)11-8(13)7(9)12;1-2-4-5-3-1/h1-8H,(H2,13,16);2-4H,1H3,(H2,9,12)(H,10,11,13);1-5H2. The maximum absolute atomic E-state index is 11.5. The number of nitrogens with one attached hydrogen (secondary N) is 1. The zero-order valence-corrected chi connectivity index (χ0v) is 19.1. The summed E-state index contributed by atoms with van der Waals surface area (Å²) >= 11 is 0. The molecule has 5 N–H and O–H groups in total. The Bertz CT molecular complexity index is 1140. The third-order valence-corrected chi connectivity index (χ3v) is 4.88. The van der Waals surface area contributed by atoms with E-state index in [0.29, 0.717) is 17.1 Å². The molecule has 1 aliphatic rings. The Morgan fingerprint density at radius 1 is 0.882 bits per heavy atom. The van der Waals surface area contributed by atoms with Crippen molar-refractivity contribution in [3.05, 3.63) is 88.5 Å². The second-order valence-corrected chi connectivity index (χ2v) is 7.63. The molecule has 178 valence electrons. The third-order valence-electron chi connectivity index (χ3n) is 4.88. The number of aryl methyl sites for hydroxylation is 1. The lowest BCUT2D eigenvalue weighted by Crippen LogP contribution is -2.29. The molecular formula is C25H29N5O4. The van der Waals surface area contributed by atoms with Crippen molar-refractivity contribution in [2.45, 2.75) is 39.0 Å². The molecule has 4 rings (SSSR count). The fourth-order valence-electron chi connectivity index (χ4n) is 3.03. The number of hydrogen-bond acceptors (Lipinski definition) is 5. The van der Waals surface area contributed by atoms with Crippen LogP contribution in [0.15, 0.2) is 71.8 Å². The smallest absolute Gasteiger partial charge is 0.314 e. The minimum absolute atomic E-state index is 0.116. The zero-order chi connectivity index (χ0) is 24.9. The Balaban J connectivity index is 0.000000203. The molecule has 1 saturated carbocycles. The lowest BCUT2D eigenvalue weighted by molar-refractivity contribution is -0.134. The van der Waals surface area contributed by atoms with Gasteiger partial charge in [0, 0.05) is 29.7 Å². The maximum atomic E-state index is 11.5. The Kier molecular flexibility index (Phi) is 10.2. The number of pyridine rings is 2. The zero-order valence-electron chi connectivity index (χ0n) is 19.1. The van der Waals surface area contributed by atoms with Crippen molar-refractivity contribution < 1.29 is 14.4 Å². The summed E-state index contributed by atoms with van der Waals surface area (Å²) in [6.07, 6.45) is 10.7. The van der Waals surface area contributed by atoms with E-state index in [1.165, 1.54) is 42.7 Å².